The summed E-state index contributed by atoms with van der Waals surface area (Å²) in [6, 6.07) is 5.75. The van der Waals surface area contributed by atoms with Crippen molar-refractivity contribution in [3.05, 3.63) is 33.8 Å². The lowest BCUT2D eigenvalue weighted by atomic mass is 10.2. The van der Waals surface area contributed by atoms with Crippen molar-refractivity contribution in [3.8, 4) is 0 Å². The van der Waals surface area contributed by atoms with E-state index in [1.165, 1.54) is 25.7 Å². The van der Waals surface area contributed by atoms with Crippen LogP contribution < -0.4 is 5.32 Å². The zero-order chi connectivity index (χ0) is 12.5. The third-order valence-corrected chi connectivity index (χ3v) is 4.00. The second-order valence-electron chi connectivity index (χ2n) is 3.99. The SMILES string of the molecule is Clc1cccc(CNCCCCCCBr)c1Cl. The van der Waals surface area contributed by atoms with Crippen LogP contribution in [0.15, 0.2) is 18.2 Å². The van der Waals surface area contributed by atoms with Crippen molar-refractivity contribution in [3.63, 3.8) is 0 Å². The summed E-state index contributed by atoms with van der Waals surface area (Å²) < 4.78 is 0. The monoisotopic (exact) mass is 337 g/mol. The molecule has 1 N–H and O–H groups in total. The number of unbranched alkanes of at least 4 members (excludes halogenated alkanes) is 3. The molecule has 0 fully saturated rings. The minimum Gasteiger partial charge on any atom is -0.313 e. The van der Waals surface area contributed by atoms with Crippen LogP contribution >= 0.6 is 39.1 Å². The first-order valence-electron chi connectivity index (χ1n) is 5.95. The van der Waals surface area contributed by atoms with Gasteiger partial charge >= 0.3 is 0 Å². The predicted molar refractivity (Wildman–Crippen MR) is 80.4 cm³/mol. The number of alkyl halides is 1. The molecule has 0 spiro atoms. The van der Waals surface area contributed by atoms with E-state index >= 15 is 0 Å². The van der Waals surface area contributed by atoms with Gasteiger partial charge in [0.25, 0.3) is 0 Å². The lowest BCUT2D eigenvalue weighted by Gasteiger charge is -2.07. The van der Waals surface area contributed by atoms with E-state index in [0.717, 1.165) is 24.0 Å². The maximum Gasteiger partial charge on any atom is 0.0637 e. The maximum atomic E-state index is 6.10. The summed E-state index contributed by atoms with van der Waals surface area (Å²) >= 11 is 15.5. The molecule has 17 heavy (non-hydrogen) atoms. The molecular formula is C13H18BrCl2N. The smallest absolute Gasteiger partial charge is 0.0637 e. The van der Waals surface area contributed by atoms with Crippen molar-refractivity contribution >= 4 is 39.1 Å². The molecule has 4 heteroatoms. The zero-order valence-electron chi connectivity index (χ0n) is 9.82. The minimum atomic E-state index is 0.628. The van der Waals surface area contributed by atoms with Crippen molar-refractivity contribution in [1.82, 2.24) is 5.32 Å². The van der Waals surface area contributed by atoms with E-state index in [1.807, 2.05) is 18.2 Å². The van der Waals surface area contributed by atoms with Gasteiger partial charge in [-0.05, 0) is 31.0 Å². The third-order valence-electron chi connectivity index (χ3n) is 2.58. The number of halogens is 3. The van der Waals surface area contributed by atoms with Crippen molar-refractivity contribution in [2.24, 2.45) is 0 Å². The normalized spacial score (nSPS) is 10.8. The Bertz CT molecular complexity index is 331. The fraction of sp³-hybridized carbons (Fsp3) is 0.538. The van der Waals surface area contributed by atoms with E-state index in [-0.39, 0.29) is 0 Å². The van der Waals surface area contributed by atoms with Crippen LogP contribution in [0, 0.1) is 0 Å². The molecule has 96 valence electrons. The molecule has 0 heterocycles. The van der Waals surface area contributed by atoms with Crippen LogP contribution in [0.25, 0.3) is 0 Å². The molecule has 1 nitrogen and oxygen atoms in total. The molecule has 0 aromatic heterocycles. The summed E-state index contributed by atoms with van der Waals surface area (Å²) in [6.45, 7) is 1.82. The Morgan fingerprint density at radius 2 is 1.82 bits per heavy atom. The van der Waals surface area contributed by atoms with Gasteiger partial charge in [0, 0.05) is 11.9 Å². The second-order valence-corrected chi connectivity index (χ2v) is 5.57. The lowest BCUT2D eigenvalue weighted by molar-refractivity contribution is 0.600. The summed E-state index contributed by atoms with van der Waals surface area (Å²) in [5.41, 5.74) is 1.07. The van der Waals surface area contributed by atoms with Gasteiger partial charge in [-0.25, -0.2) is 0 Å². The van der Waals surface area contributed by atoms with Crippen LogP contribution in [0.2, 0.25) is 10.0 Å². The summed E-state index contributed by atoms with van der Waals surface area (Å²) in [5.74, 6) is 0. The number of benzene rings is 1. The molecule has 0 radical (unpaired) electrons. The van der Waals surface area contributed by atoms with Gasteiger partial charge in [0.1, 0.15) is 0 Å². The fourth-order valence-electron chi connectivity index (χ4n) is 1.61. The Kier molecular flexibility index (Phi) is 8.29. The number of nitrogens with one attached hydrogen (secondary N) is 1. The van der Waals surface area contributed by atoms with Crippen molar-refractivity contribution in [2.45, 2.75) is 32.2 Å². The van der Waals surface area contributed by atoms with Crippen molar-refractivity contribution in [2.75, 3.05) is 11.9 Å². The second kappa shape index (κ2) is 9.21. The highest BCUT2D eigenvalue weighted by atomic mass is 79.9. The van der Waals surface area contributed by atoms with Gasteiger partial charge in [0.15, 0.2) is 0 Å². The Hall–Kier alpha value is 0.240. The fourth-order valence-corrected chi connectivity index (χ4v) is 2.39. The number of rotatable bonds is 8. The molecule has 0 saturated heterocycles. The van der Waals surface area contributed by atoms with Crippen LogP contribution in [-0.2, 0) is 6.54 Å². The quantitative estimate of drug-likeness (QED) is 0.517. The van der Waals surface area contributed by atoms with Gasteiger partial charge in [-0.3, -0.25) is 0 Å². The van der Waals surface area contributed by atoms with Gasteiger partial charge in [-0.2, -0.15) is 0 Å². The molecular weight excluding hydrogens is 321 g/mol. The minimum absolute atomic E-state index is 0.628. The van der Waals surface area contributed by atoms with Crippen molar-refractivity contribution in [1.29, 1.82) is 0 Å². The van der Waals surface area contributed by atoms with Gasteiger partial charge in [0.05, 0.1) is 10.0 Å². The van der Waals surface area contributed by atoms with Crippen LogP contribution in [0.1, 0.15) is 31.2 Å². The van der Waals surface area contributed by atoms with Crippen LogP contribution in [0.3, 0.4) is 0 Å². The molecule has 0 bridgehead atoms. The van der Waals surface area contributed by atoms with E-state index in [9.17, 15) is 0 Å². The van der Waals surface area contributed by atoms with E-state index in [1.54, 1.807) is 0 Å². The Morgan fingerprint density at radius 3 is 2.59 bits per heavy atom. The average Bonchev–Trinajstić information content (AvgIpc) is 2.33. The van der Waals surface area contributed by atoms with Crippen LogP contribution in [0.4, 0.5) is 0 Å². The zero-order valence-corrected chi connectivity index (χ0v) is 12.9. The highest BCUT2D eigenvalue weighted by molar-refractivity contribution is 9.09. The molecule has 0 amide bonds. The first-order chi connectivity index (χ1) is 8.25. The average molecular weight is 339 g/mol. The lowest BCUT2D eigenvalue weighted by Crippen LogP contribution is -2.14. The highest BCUT2D eigenvalue weighted by Crippen LogP contribution is 2.25. The molecule has 0 aliphatic rings. The van der Waals surface area contributed by atoms with Gasteiger partial charge < -0.3 is 5.32 Å². The van der Waals surface area contributed by atoms with E-state index < -0.39 is 0 Å². The van der Waals surface area contributed by atoms with Crippen LogP contribution in [-0.4, -0.2) is 11.9 Å². The molecule has 0 unspecified atom stereocenters. The predicted octanol–water partition coefficient (Wildman–Crippen LogP) is 5.04. The molecule has 1 rings (SSSR count). The Labute approximate surface area is 122 Å². The summed E-state index contributed by atoms with van der Waals surface area (Å²) in [6.07, 6.45) is 5.05. The molecule has 1 aromatic carbocycles. The highest BCUT2D eigenvalue weighted by Gasteiger charge is 2.02. The topological polar surface area (TPSA) is 12.0 Å². The van der Waals surface area contributed by atoms with E-state index in [4.69, 9.17) is 23.2 Å². The van der Waals surface area contributed by atoms with E-state index in [0.29, 0.717) is 10.0 Å². The first-order valence-corrected chi connectivity index (χ1v) is 7.83. The standard InChI is InChI=1S/C13H18BrCl2N/c14-8-3-1-2-4-9-17-10-11-6-5-7-12(15)13(11)16/h5-7,17H,1-4,8-10H2. The third kappa shape index (κ3) is 6.10. The summed E-state index contributed by atoms with van der Waals surface area (Å²) in [4.78, 5) is 0. The molecule has 0 saturated carbocycles. The maximum absolute atomic E-state index is 6.10. The van der Waals surface area contributed by atoms with E-state index in [2.05, 4.69) is 21.2 Å². The Balaban J connectivity index is 2.16. The number of hydrogen-bond acceptors (Lipinski definition) is 1. The molecule has 1 aromatic rings. The molecule has 0 aliphatic heterocycles. The van der Waals surface area contributed by atoms with Gasteiger partial charge in [-0.15, -0.1) is 0 Å². The van der Waals surface area contributed by atoms with Crippen LogP contribution in [0.5, 0.6) is 0 Å². The number of hydrogen-bond donors (Lipinski definition) is 1. The first kappa shape index (κ1) is 15.3. The van der Waals surface area contributed by atoms with Gasteiger partial charge in [-0.1, -0.05) is 64.1 Å². The Morgan fingerprint density at radius 1 is 1.06 bits per heavy atom. The summed E-state index contributed by atoms with van der Waals surface area (Å²) in [7, 11) is 0. The molecule has 0 atom stereocenters. The van der Waals surface area contributed by atoms with Crippen molar-refractivity contribution < 1.29 is 0 Å². The largest absolute Gasteiger partial charge is 0.313 e. The molecule has 0 aliphatic carbocycles. The van der Waals surface area contributed by atoms with Gasteiger partial charge in [0.2, 0.25) is 0 Å². The summed E-state index contributed by atoms with van der Waals surface area (Å²) in [5, 5.41) is 5.80.